The Kier molecular flexibility index (Phi) is 10.1. The van der Waals surface area contributed by atoms with E-state index in [2.05, 4.69) is 53.2 Å². The second kappa shape index (κ2) is 9.65. The van der Waals surface area contributed by atoms with E-state index in [-0.39, 0.29) is 0 Å². The fraction of sp³-hybridized carbons (Fsp3) is 0.294. The lowest BCUT2D eigenvalue weighted by Gasteiger charge is -2.11. The summed E-state index contributed by atoms with van der Waals surface area (Å²) in [6.07, 6.45) is 3.83. The summed E-state index contributed by atoms with van der Waals surface area (Å²) in [7, 11) is 0. The van der Waals surface area contributed by atoms with Crippen LogP contribution < -0.4 is 0 Å². The molecule has 1 rings (SSSR count). The minimum atomic E-state index is 1.24. The number of benzene rings is 1. The molecule has 0 heteroatoms. The van der Waals surface area contributed by atoms with E-state index in [1.807, 2.05) is 26.0 Å². The lowest BCUT2D eigenvalue weighted by atomic mass is 9.93. The molecule has 94 valence electrons. The Morgan fingerprint density at radius 2 is 1.12 bits per heavy atom. The van der Waals surface area contributed by atoms with Gasteiger partial charge in [-0.05, 0) is 48.6 Å². The summed E-state index contributed by atoms with van der Waals surface area (Å²) < 4.78 is 0. The van der Waals surface area contributed by atoms with Crippen LogP contribution in [0.25, 0.3) is 12.2 Å². The predicted molar refractivity (Wildman–Crippen MR) is 83.4 cm³/mol. The van der Waals surface area contributed by atoms with Crippen LogP contribution in [0.5, 0.6) is 0 Å². The maximum atomic E-state index is 3.82. The summed E-state index contributed by atoms with van der Waals surface area (Å²) in [6.45, 7) is 24.0. The van der Waals surface area contributed by atoms with E-state index in [4.69, 9.17) is 0 Å². The zero-order valence-corrected chi connectivity index (χ0v) is 12.1. The van der Waals surface area contributed by atoms with Crippen molar-refractivity contribution in [1.29, 1.82) is 0 Å². The molecule has 0 spiro atoms. The van der Waals surface area contributed by atoms with Crippen molar-refractivity contribution in [3.05, 3.63) is 60.2 Å². The van der Waals surface area contributed by atoms with Crippen LogP contribution in [0.3, 0.4) is 0 Å². The van der Waals surface area contributed by atoms with Gasteiger partial charge >= 0.3 is 0 Å². The van der Waals surface area contributed by atoms with Gasteiger partial charge in [-0.25, -0.2) is 0 Å². The highest BCUT2D eigenvalue weighted by molar-refractivity contribution is 5.67. The third-order valence-corrected chi connectivity index (χ3v) is 2.50. The van der Waals surface area contributed by atoms with E-state index in [9.17, 15) is 0 Å². The minimum absolute atomic E-state index is 1.24. The smallest absolute Gasteiger partial charge is 0.0198 e. The molecule has 0 saturated carbocycles. The van der Waals surface area contributed by atoms with Crippen molar-refractivity contribution < 1.29 is 0 Å². The first-order chi connectivity index (χ1) is 8.11. The van der Waals surface area contributed by atoms with Crippen molar-refractivity contribution in [3.63, 3.8) is 0 Å². The molecule has 1 aromatic rings. The van der Waals surface area contributed by atoms with Crippen molar-refractivity contribution in [3.8, 4) is 0 Å². The third-order valence-electron chi connectivity index (χ3n) is 2.50. The Morgan fingerprint density at radius 3 is 1.35 bits per heavy atom. The first-order valence-corrected chi connectivity index (χ1v) is 5.97. The molecule has 0 atom stereocenters. The topological polar surface area (TPSA) is 0 Å². The van der Waals surface area contributed by atoms with Crippen LogP contribution in [0, 0.1) is 20.8 Å². The molecule has 0 aromatic heterocycles. The molecule has 0 heterocycles. The lowest BCUT2D eigenvalue weighted by molar-refractivity contribution is 1.28. The summed E-state index contributed by atoms with van der Waals surface area (Å²) >= 11 is 0. The molecule has 0 N–H and O–H groups in total. The van der Waals surface area contributed by atoms with Crippen LogP contribution in [-0.2, 0) is 0 Å². The molecule has 17 heavy (non-hydrogen) atoms. The molecule has 0 bridgehead atoms. The second-order valence-corrected chi connectivity index (χ2v) is 3.37. The summed E-state index contributed by atoms with van der Waals surface area (Å²) in [6, 6.07) is 2.18. The van der Waals surface area contributed by atoms with Crippen LogP contribution in [0.4, 0.5) is 0 Å². The highest BCUT2D eigenvalue weighted by Gasteiger charge is 2.05. The quantitative estimate of drug-likeness (QED) is 0.569. The Hall–Kier alpha value is -1.56. The fourth-order valence-electron chi connectivity index (χ4n) is 1.85. The first kappa shape index (κ1) is 17.8. The third kappa shape index (κ3) is 4.44. The number of aryl methyl sites for hydroxylation is 2. The maximum absolute atomic E-state index is 3.82. The standard InChI is InChI=1S/C13H16.C2H6.C2H4/c1-6-12-9(3)8-10(4)13(7-2)11(12)5;2*1-2/h6-8H,1-2H2,3-5H3;1-2H3;1-2H2. The number of hydrogen-bond donors (Lipinski definition) is 0. The Labute approximate surface area is 107 Å². The van der Waals surface area contributed by atoms with Crippen LogP contribution in [0.15, 0.2) is 32.4 Å². The largest absolute Gasteiger partial charge is 0.106 e. The highest BCUT2D eigenvalue weighted by atomic mass is 14.1. The molecule has 0 aliphatic rings. The van der Waals surface area contributed by atoms with Gasteiger partial charge in [0, 0.05) is 0 Å². The van der Waals surface area contributed by atoms with Crippen LogP contribution in [0.2, 0.25) is 0 Å². The lowest BCUT2D eigenvalue weighted by Crippen LogP contribution is -1.93. The molecule has 1 aromatic carbocycles. The van der Waals surface area contributed by atoms with Crippen LogP contribution in [-0.4, -0.2) is 0 Å². The van der Waals surface area contributed by atoms with Gasteiger partial charge < -0.3 is 0 Å². The number of hydrogen-bond acceptors (Lipinski definition) is 0. The van der Waals surface area contributed by atoms with Gasteiger partial charge in [0.15, 0.2) is 0 Å². The van der Waals surface area contributed by atoms with Gasteiger partial charge in [0.25, 0.3) is 0 Å². The maximum Gasteiger partial charge on any atom is -0.0198 e. The average molecular weight is 230 g/mol. The summed E-state index contributed by atoms with van der Waals surface area (Å²) in [5.74, 6) is 0. The van der Waals surface area contributed by atoms with Gasteiger partial charge in [0.1, 0.15) is 0 Å². The molecule has 0 aliphatic carbocycles. The molecule has 0 saturated heterocycles. The van der Waals surface area contributed by atoms with Crippen molar-refractivity contribution in [2.24, 2.45) is 0 Å². The zero-order valence-electron chi connectivity index (χ0n) is 12.1. The van der Waals surface area contributed by atoms with E-state index in [0.29, 0.717) is 0 Å². The zero-order chi connectivity index (χ0) is 14.0. The highest BCUT2D eigenvalue weighted by Crippen LogP contribution is 2.23. The Bertz CT molecular complexity index is 338. The fourth-order valence-corrected chi connectivity index (χ4v) is 1.85. The van der Waals surface area contributed by atoms with Gasteiger partial charge in [-0.15, -0.1) is 13.2 Å². The molecule has 0 fully saturated rings. The summed E-state index contributed by atoms with van der Waals surface area (Å²) in [4.78, 5) is 0. The van der Waals surface area contributed by atoms with E-state index in [1.165, 1.54) is 27.8 Å². The van der Waals surface area contributed by atoms with E-state index < -0.39 is 0 Å². The van der Waals surface area contributed by atoms with E-state index in [1.54, 1.807) is 0 Å². The van der Waals surface area contributed by atoms with Crippen molar-refractivity contribution in [1.82, 2.24) is 0 Å². The molecule has 0 unspecified atom stereocenters. The van der Waals surface area contributed by atoms with Crippen molar-refractivity contribution in [2.75, 3.05) is 0 Å². The van der Waals surface area contributed by atoms with Gasteiger partial charge in [0.2, 0.25) is 0 Å². The van der Waals surface area contributed by atoms with Gasteiger partial charge in [-0.2, -0.15) is 0 Å². The monoisotopic (exact) mass is 230 g/mol. The molecular weight excluding hydrogens is 204 g/mol. The van der Waals surface area contributed by atoms with Gasteiger partial charge in [0.05, 0.1) is 0 Å². The van der Waals surface area contributed by atoms with E-state index in [0.717, 1.165) is 0 Å². The second-order valence-electron chi connectivity index (χ2n) is 3.37. The SMILES string of the molecule is C=C.C=Cc1c(C)cc(C)c(C=C)c1C.CC. The molecule has 0 radical (unpaired) electrons. The minimum Gasteiger partial charge on any atom is -0.106 e. The normalized spacial score (nSPS) is 8.06. The first-order valence-electron chi connectivity index (χ1n) is 5.97. The summed E-state index contributed by atoms with van der Waals surface area (Å²) in [5.41, 5.74) is 6.33. The molecule has 0 amide bonds. The molecular formula is C17H26. The van der Waals surface area contributed by atoms with Crippen molar-refractivity contribution >= 4 is 12.2 Å². The Morgan fingerprint density at radius 1 is 0.824 bits per heavy atom. The Balaban J connectivity index is 0. The van der Waals surface area contributed by atoms with Crippen molar-refractivity contribution in [2.45, 2.75) is 34.6 Å². The van der Waals surface area contributed by atoms with Gasteiger partial charge in [-0.1, -0.05) is 45.2 Å². The number of rotatable bonds is 2. The van der Waals surface area contributed by atoms with Crippen LogP contribution in [0.1, 0.15) is 41.7 Å². The van der Waals surface area contributed by atoms with E-state index >= 15 is 0 Å². The van der Waals surface area contributed by atoms with Crippen LogP contribution >= 0.6 is 0 Å². The van der Waals surface area contributed by atoms with Gasteiger partial charge in [-0.3, -0.25) is 0 Å². The molecule has 0 nitrogen and oxygen atoms in total. The summed E-state index contributed by atoms with van der Waals surface area (Å²) in [5, 5.41) is 0. The predicted octanol–water partition coefficient (Wildman–Crippen LogP) is 5.73. The average Bonchev–Trinajstić information content (AvgIpc) is 2.34. The molecule has 0 aliphatic heterocycles.